The van der Waals surface area contributed by atoms with Crippen LogP contribution in [0.2, 0.25) is 0 Å². The van der Waals surface area contributed by atoms with Gasteiger partial charge in [0.05, 0.1) is 0 Å². The Morgan fingerprint density at radius 3 is 0.636 bits per heavy atom. The van der Waals surface area contributed by atoms with Gasteiger partial charge < -0.3 is 16.0 Å². The average Bonchev–Trinajstić information content (AvgIpc) is 1.96. The molecule has 0 amide bonds. The molecule has 0 aromatic rings. The zero-order chi connectivity index (χ0) is 10.1. The third kappa shape index (κ3) is 790. The Bertz CT molecular complexity index is 22.5. The van der Waals surface area contributed by atoms with E-state index in [2.05, 4.69) is 29.1 Å². The molecular weight excluding hydrogens is 242 g/mol. The van der Waals surface area contributed by atoms with Crippen LogP contribution in [0, 0.1) is 0 Å². The summed E-state index contributed by atoms with van der Waals surface area (Å²) in [5.74, 6) is 0. The van der Waals surface area contributed by atoms with Gasteiger partial charge in [0.25, 0.3) is 0 Å². The standard InChI is InChI=1S/3C2H6N.BrH.Ti/c3*1-3-2;;/h3*1-2H3;1H;/q3*-1;;+4/p-1. The first-order chi connectivity index (χ1) is 5.24. The summed E-state index contributed by atoms with van der Waals surface area (Å²) in [6.45, 7) is 0. The Labute approximate surface area is 89.5 Å². The molecular formula is C6H18BrN3Ti. The van der Waals surface area contributed by atoms with Crippen LogP contribution < -0.4 is 0 Å². The van der Waals surface area contributed by atoms with E-state index in [0.29, 0.717) is 0 Å². The van der Waals surface area contributed by atoms with E-state index in [-0.39, 0.29) is 0 Å². The minimum atomic E-state index is 1.75. The second-order valence-electron chi connectivity index (χ2n) is 1.34. The van der Waals surface area contributed by atoms with Crippen molar-refractivity contribution in [2.75, 3.05) is 42.3 Å². The second-order valence-corrected chi connectivity index (χ2v) is 1.34. The molecule has 0 saturated carbocycles. The van der Waals surface area contributed by atoms with Crippen LogP contribution in [0.25, 0.3) is 16.0 Å². The van der Waals surface area contributed by atoms with Crippen LogP contribution in [0.15, 0.2) is 0 Å². The number of nitrogens with zero attached hydrogens (tertiary/aromatic N) is 3. The summed E-state index contributed by atoms with van der Waals surface area (Å²) in [7, 11) is 10.5. The summed E-state index contributed by atoms with van der Waals surface area (Å²) in [4.78, 5) is 0. The first-order valence-corrected chi connectivity index (χ1v) is 6.73. The fourth-order valence-corrected chi connectivity index (χ4v) is 0. The normalized spacial score (nSPS) is 5.55. The molecule has 0 aromatic carbocycles. The average molecular weight is 260 g/mol. The molecule has 0 aliphatic carbocycles. The van der Waals surface area contributed by atoms with Crippen LogP contribution in [0.4, 0.5) is 0 Å². The molecule has 0 fully saturated rings. The monoisotopic (exact) mass is 259 g/mol. The molecule has 0 rings (SSSR count). The fraction of sp³-hybridized carbons (Fsp3) is 1.00. The van der Waals surface area contributed by atoms with E-state index < -0.39 is 0 Å². The molecule has 0 atom stereocenters. The van der Waals surface area contributed by atoms with Gasteiger partial charge in [-0.25, -0.2) is 0 Å². The van der Waals surface area contributed by atoms with Gasteiger partial charge in [0.1, 0.15) is 0 Å². The first-order valence-electron chi connectivity index (χ1n) is 2.87. The summed E-state index contributed by atoms with van der Waals surface area (Å²) < 4.78 is 0. The van der Waals surface area contributed by atoms with Crippen LogP contribution in [0.3, 0.4) is 0 Å². The predicted molar refractivity (Wildman–Crippen MR) is 54.5 cm³/mol. The number of halogens is 1. The van der Waals surface area contributed by atoms with Crippen LogP contribution in [-0.2, 0) is 18.3 Å². The molecule has 0 aromatic heterocycles. The van der Waals surface area contributed by atoms with E-state index >= 15 is 0 Å². The maximum atomic E-state index is 3.50. The maximum absolute atomic E-state index is 3.50. The van der Waals surface area contributed by atoms with Gasteiger partial charge in [-0.05, 0) is 0 Å². The van der Waals surface area contributed by atoms with E-state index in [4.69, 9.17) is 0 Å². The molecule has 0 bridgehead atoms. The molecule has 3 nitrogen and oxygen atoms in total. The summed E-state index contributed by atoms with van der Waals surface area (Å²) >= 11 is 4.75. The second kappa shape index (κ2) is 67.7. The van der Waals surface area contributed by atoms with Crippen LogP contribution in [-0.4, -0.2) is 42.3 Å². The van der Waals surface area contributed by atoms with Gasteiger partial charge in [0, 0.05) is 0 Å². The molecule has 0 aliphatic rings. The summed E-state index contributed by atoms with van der Waals surface area (Å²) in [5.41, 5.74) is 0. The quantitative estimate of drug-likeness (QED) is 0.601. The molecule has 0 radical (unpaired) electrons. The van der Waals surface area contributed by atoms with E-state index in [9.17, 15) is 0 Å². The van der Waals surface area contributed by atoms with E-state index in [1.165, 1.54) is 0 Å². The molecule has 0 spiro atoms. The van der Waals surface area contributed by atoms with Crippen LogP contribution >= 0.6 is 13.2 Å². The van der Waals surface area contributed by atoms with Gasteiger partial charge in [-0.15, -0.1) is 0 Å². The van der Waals surface area contributed by atoms with Gasteiger partial charge in [-0.1, -0.05) is 0 Å². The molecule has 0 saturated heterocycles. The topological polar surface area (TPSA) is 42.3 Å². The van der Waals surface area contributed by atoms with Crippen molar-refractivity contribution >= 4 is 13.2 Å². The molecule has 0 heterocycles. The van der Waals surface area contributed by atoms with Crippen LogP contribution in [0.5, 0.6) is 0 Å². The first kappa shape index (κ1) is 22.7. The fourth-order valence-electron chi connectivity index (χ4n) is 0. The van der Waals surface area contributed by atoms with Crippen molar-refractivity contribution in [3.05, 3.63) is 16.0 Å². The van der Waals surface area contributed by atoms with Crippen molar-refractivity contribution in [3.8, 4) is 0 Å². The molecule has 5 heteroatoms. The van der Waals surface area contributed by atoms with Gasteiger partial charge >= 0.3 is 31.5 Å². The molecule has 0 unspecified atom stereocenters. The van der Waals surface area contributed by atoms with Crippen molar-refractivity contribution in [1.29, 1.82) is 0 Å². The Balaban J connectivity index is -0.0000000301. The Kier molecular flexibility index (Phi) is 140. The molecule has 0 N–H and O–H groups in total. The van der Waals surface area contributed by atoms with E-state index in [1.807, 2.05) is 18.3 Å². The Hall–Kier alpha value is 1.07. The molecule has 11 heavy (non-hydrogen) atoms. The van der Waals surface area contributed by atoms with Gasteiger partial charge in [-0.2, -0.15) is 42.3 Å². The Morgan fingerprint density at radius 1 is 0.636 bits per heavy atom. The summed E-state index contributed by atoms with van der Waals surface area (Å²) in [6, 6.07) is 0. The SMILES string of the molecule is C[N-]C.C[N-]C.C[N-]C.[Ti+3][Br]. The third-order valence-electron chi connectivity index (χ3n) is 0. The van der Waals surface area contributed by atoms with Crippen molar-refractivity contribution in [2.24, 2.45) is 0 Å². The van der Waals surface area contributed by atoms with Crippen molar-refractivity contribution in [3.63, 3.8) is 0 Å². The van der Waals surface area contributed by atoms with Crippen LogP contribution in [0.1, 0.15) is 0 Å². The molecule has 68 valence electrons. The van der Waals surface area contributed by atoms with Crippen molar-refractivity contribution < 1.29 is 18.3 Å². The van der Waals surface area contributed by atoms with Gasteiger partial charge in [0.15, 0.2) is 0 Å². The number of hydrogen-bond donors (Lipinski definition) is 0. The minimum absolute atomic E-state index is 1.75. The zero-order valence-corrected chi connectivity index (χ0v) is 11.4. The summed E-state index contributed by atoms with van der Waals surface area (Å²) in [6.07, 6.45) is 0. The van der Waals surface area contributed by atoms with Gasteiger partial charge in [0.2, 0.25) is 0 Å². The third-order valence-corrected chi connectivity index (χ3v) is 0. The van der Waals surface area contributed by atoms with Crippen molar-refractivity contribution in [1.82, 2.24) is 0 Å². The van der Waals surface area contributed by atoms with E-state index in [0.717, 1.165) is 0 Å². The molecule has 0 aliphatic heterocycles. The zero-order valence-electron chi connectivity index (χ0n) is 8.22. The van der Waals surface area contributed by atoms with Crippen molar-refractivity contribution in [2.45, 2.75) is 0 Å². The number of hydrogen-bond acceptors (Lipinski definition) is 0. The van der Waals surface area contributed by atoms with Gasteiger partial charge in [-0.3, -0.25) is 0 Å². The van der Waals surface area contributed by atoms with E-state index in [1.54, 1.807) is 42.3 Å². The predicted octanol–water partition coefficient (Wildman–Crippen LogP) is 2.70. The Morgan fingerprint density at radius 2 is 0.636 bits per heavy atom. The summed E-state index contributed by atoms with van der Waals surface area (Å²) in [5, 5.41) is 10.5. The number of rotatable bonds is 0.